The molecule has 0 unspecified atom stereocenters. The number of hydrogen-bond donors (Lipinski definition) is 0. The van der Waals surface area contributed by atoms with E-state index in [1.54, 1.807) is 0 Å². The van der Waals surface area contributed by atoms with Crippen molar-refractivity contribution in [2.75, 3.05) is 0 Å². The molecule has 0 amide bonds. The van der Waals surface area contributed by atoms with Gasteiger partial charge in [-0.1, -0.05) is 60.7 Å². The van der Waals surface area contributed by atoms with Crippen LogP contribution in [0, 0.1) is 0 Å². The van der Waals surface area contributed by atoms with Crippen LogP contribution in [0.5, 0.6) is 0 Å². The van der Waals surface area contributed by atoms with Crippen LogP contribution < -0.4 is 0 Å². The Morgan fingerprint density at radius 3 is 1.62 bits per heavy atom. The summed E-state index contributed by atoms with van der Waals surface area (Å²) in [7, 11) is 0. The van der Waals surface area contributed by atoms with Gasteiger partial charge >= 0.3 is 0 Å². The molecule has 0 saturated heterocycles. The maximum atomic E-state index is 5.60. The molecule has 0 heterocycles. The summed E-state index contributed by atoms with van der Waals surface area (Å²) in [5.74, 6) is 0. The molecule has 16 heavy (non-hydrogen) atoms. The second-order valence-electron chi connectivity index (χ2n) is 4.14. The van der Waals surface area contributed by atoms with Crippen molar-refractivity contribution in [3.05, 3.63) is 70.8 Å². The second-order valence-corrected chi connectivity index (χ2v) is 4.55. The fourth-order valence-electron chi connectivity index (χ4n) is 2.33. The standard InChI is InChI=1S/C15H12S/c16-15-13-7-3-1-5-11(13)9-10-12-6-2-4-8-14(12)15/h1-8H,9-10H2. The van der Waals surface area contributed by atoms with E-state index in [2.05, 4.69) is 48.5 Å². The molecule has 0 radical (unpaired) electrons. The third-order valence-corrected chi connectivity index (χ3v) is 3.63. The van der Waals surface area contributed by atoms with Crippen LogP contribution in [0.2, 0.25) is 0 Å². The smallest absolute Gasteiger partial charge is 0.0527 e. The van der Waals surface area contributed by atoms with Crippen LogP contribution in [0.1, 0.15) is 22.3 Å². The van der Waals surface area contributed by atoms with E-state index >= 15 is 0 Å². The molecule has 0 saturated carbocycles. The normalized spacial score (nSPS) is 13.9. The van der Waals surface area contributed by atoms with Gasteiger partial charge in [0.2, 0.25) is 0 Å². The summed E-state index contributed by atoms with van der Waals surface area (Å²) in [6.07, 6.45) is 2.18. The largest absolute Gasteiger partial charge is 0.0788 e. The van der Waals surface area contributed by atoms with Gasteiger partial charge in [-0.15, -0.1) is 0 Å². The number of rotatable bonds is 0. The van der Waals surface area contributed by atoms with Gasteiger partial charge in [0.1, 0.15) is 0 Å². The number of benzene rings is 2. The maximum Gasteiger partial charge on any atom is 0.0527 e. The molecule has 1 aliphatic carbocycles. The molecule has 2 aromatic rings. The molecule has 0 N–H and O–H groups in total. The van der Waals surface area contributed by atoms with Gasteiger partial charge in [0.05, 0.1) is 4.86 Å². The Morgan fingerprint density at radius 2 is 1.12 bits per heavy atom. The first-order chi connectivity index (χ1) is 7.86. The highest BCUT2D eigenvalue weighted by molar-refractivity contribution is 7.81. The third-order valence-electron chi connectivity index (χ3n) is 3.19. The lowest BCUT2D eigenvalue weighted by atomic mass is 10.0. The second kappa shape index (κ2) is 3.84. The molecular weight excluding hydrogens is 212 g/mol. The van der Waals surface area contributed by atoms with Crippen molar-refractivity contribution < 1.29 is 0 Å². The fourth-order valence-corrected chi connectivity index (χ4v) is 2.73. The lowest BCUT2D eigenvalue weighted by molar-refractivity contribution is 0.965. The van der Waals surface area contributed by atoms with E-state index in [9.17, 15) is 0 Å². The van der Waals surface area contributed by atoms with Gasteiger partial charge in [-0.2, -0.15) is 0 Å². The summed E-state index contributed by atoms with van der Waals surface area (Å²) in [5.41, 5.74) is 5.23. The minimum Gasteiger partial charge on any atom is -0.0788 e. The van der Waals surface area contributed by atoms with E-state index in [0.717, 1.165) is 17.7 Å². The molecule has 0 atom stereocenters. The maximum absolute atomic E-state index is 5.60. The zero-order valence-corrected chi connectivity index (χ0v) is 9.76. The summed E-state index contributed by atoms with van der Waals surface area (Å²) in [4.78, 5) is 1.00. The van der Waals surface area contributed by atoms with E-state index in [1.165, 1.54) is 22.3 Å². The van der Waals surface area contributed by atoms with Crippen LogP contribution in [-0.4, -0.2) is 4.86 Å². The minimum atomic E-state index is 1.00. The van der Waals surface area contributed by atoms with E-state index in [4.69, 9.17) is 12.2 Å². The van der Waals surface area contributed by atoms with Gasteiger partial charge in [-0.05, 0) is 35.1 Å². The molecule has 3 rings (SSSR count). The van der Waals surface area contributed by atoms with Crippen molar-refractivity contribution in [3.8, 4) is 0 Å². The molecule has 0 spiro atoms. The van der Waals surface area contributed by atoms with Crippen molar-refractivity contribution in [1.29, 1.82) is 0 Å². The zero-order valence-electron chi connectivity index (χ0n) is 8.94. The van der Waals surface area contributed by atoms with Crippen molar-refractivity contribution in [2.45, 2.75) is 12.8 Å². The summed E-state index contributed by atoms with van der Waals surface area (Å²) in [5, 5.41) is 0. The predicted molar refractivity (Wildman–Crippen MR) is 71.1 cm³/mol. The monoisotopic (exact) mass is 224 g/mol. The highest BCUT2D eigenvalue weighted by Gasteiger charge is 2.16. The molecule has 78 valence electrons. The molecule has 0 bridgehead atoms. The Kier molecular flexibility index (Phi) is 2.33. The molecule has 0 aliphatic heterocycles. The lowest BCUT2D eigenvalue weighted by Gasteiger charge is -2.07. The quantitative estimate of drug-likeness (QED) is 0.617. The Morgan fingerprint density at radius 1 is 0.688 bits per heavy atom. The highest BCUT2D eigenvalue weighted by Crippen LogP contribution is 2.24. The van der Waals surface area contributed by atoms with E-state index < -0.39 is 0 Å². The van der Waals surface area contributed by atoms with Gasteiger partial charge < -0.3 is 0 Å². The molecule has 1 aliphatic rings. The van der Waals surface area contributed by atoms with Crippen LogP contribution in [0.4, 0.5) is 0 Å². The molecule has 0 fully saturated rings. The minimum absolute atomic E-state index is 1.00. The predicted octanol–water partition coefficient (Wildman–Crippen LogP) is 3.55. The van der Waals surface area contributed by atoms with Crippen LogP contribution in [0.3, 0.4) is 0 Å². The van der Waals surface area contributed by atoms with Gasteiger partial charge in [-0.25, -0.2) is 0 Å². The fraction of sp³-hybridized carbons (Fsp3) is 0.133. The average Bonchev–Trinajstić information content (AvgIpc) is 2.49. The summed E-state index contributed by atoms with van der Waals surface area (Å²) >= 11 is 5.60. The SMILES string of the molecule is S=C1c2ccccc2CCc2ccccc21. The molecular formula is C15H12S. The zero-order chi connectivity index (χ0) is 11.0. The number of thiocarbonyl (C=S) groups is 1. The number of fused-ring (bicyclic) bond motifs is 2. The summed E-state index contributed by atoms with van der Waals surface area (Å²) in [6, 6.07) is 17.0. The van der Waals surface area contributed by atoms with Crippen molar-refractivity contribution in [1.82, 2.24) is 0 Å². The Hall–Kier alpha value is -1.47. The Balaban J connectivity index is 2.22. The Labute approximate surface area is 101 Å². The molecule has 0 aromatic heterocycles. The Bertz CT molecular complexity index is 505. The van der Waals surface area contributed by atoms with E-state index in [0.29, 0.717) is 0 Å². The topological polar surface area (TPSA) is 0 Å². The average molecular weight is 224 g/mol. The van der Waals surface area contributed by atoms with Gasteiger partial charge in [-0.3, -0.25) is 0 Å². The van der Waals surface area contributed by atoms with Gasteiger partial charge in [0, 0.05) is 0 Å². The molecule has 0 nitrogen and oxygen atoms in total. The van der Waals surface area contributed by atoms with Crippen LogP contribution in [0.15, 0.2) is 48.5 Å². The lowest BCUT2D eigenvalue weighted by Crippen LogP contribution is -2.01. The number of aryl methyl sites for hydroxylation is 2. The van der Waals surface area contributed by atoms with Crippen molar-refractivity contribution in [3.63, 3.8) is 0 Å². The van der Waals surface area contributed by atoms with Crippen molar-refractivity contribution in [2.24, 2.45) is 0 Å². The third kappa shape index (κ3) is 1.48. The van der Waals surface area contributed by atoms with Gasteiger partial charge in [0.15, 0.2) is 0 Å². The first kappa shape index (κ1) is 9.73. The molecule has 2 aromatic carbocycles. The van der Waals surface area contributed by atoms with Crippen LogP contribution in [0.25, 0.3) is 0 Å². The first-order valence-electron chi connectivity index (χ1n) is 5.57. The van der Waals surface area contributed by atoms with Gasteiger partial charge in [0.25, 0.3) is 0 Å². The summed E-state index contributed by atoms with van der Waals surface area (Å²) in [6.45, 7) is 0. The first-order valence-corrected chi connectivity index (χ1v) is 5.97. The highest BCUT2D eigenvalue weighted by atomic mass is 32.1. The number of hydrogen-bond acceptors (Lipinski definition) is 1. The molecule has 1 heteroatoms. The van der Waals surface area contributed by atoms with Crippen molar-refractivity contribution >= 4 is 17.1 Å². The van der Waals surface area contributed by atoms with E-state index in [1.807, 2.05) is 0 Å². The van der Waals surface area contributed by atoms with E-state index in [-0.39, 0.29) is 0 Å². The van der Waals surface area contributed by atoms with Crippen LogP contribution in [-0.2, 0) is 12.8 Å². The van der Waals surface area contributed by atoms with Crippen LogP contribution >= 0.6 is 12.2 Å². The summed E-state index contributed by atoms with van der Waals surface area (Å²) < 4.78 is 0.